The van der Waals surface area contributed by atoms with E-state index in [4.69, 9.17) is 24.4 Å². The number of amides is 4. The number of aromatic amines is 2. The number of likely N-dealkylation sites (tertiary alicyclic amines) is 1. The molecule has 1 fully saturated rings. The van der Waals surface area contributed by atoms with Crippen molar-refractivity contribution in [2.24, 2.45) is 5.92 Å². The Balaban J connectivity index is 0.905. The Morgan fingerprint density at radius 1 is 0.794 bits per heavy atom. The molecule has 3 N–H and O–H groups in total. The first kappa shape index (κ1) is 41.5. The summed E-state index contributed by atoms with van der Waals surface area (Å²) in [6.07, 6.45) is 7.79. The summed E-state index contributed by atoms with van der Waals surface area (Å²) in [4.78, 5) is 77.9. The maximum Gasteiger partial charge on any atom is 0.515 e. The van der Waals surface area contributed by atoms with Gasteiger partial charge in [-0.3, -0.25) is 19.5 Å². The van der Waals surface area contributed by atoms with Crippen molar-refractivity contribution in [3.8, 4) is 33.6 Å². The Morgan fingerprint density at radius 2 is 1.48 bits per heavy atom. The zero-order chi connectivity index (χ0) is 44.2. The number of likely N-dealkylation sites (N-methyl/N-ethyl adjacent to an activating group) is 1. The highest BCUT2D eigenvalue weighted by Gasteiger charge is 2.50. The lowest BCUT2D eigenvalue weighted by Gasteiger charge is -2.35. The molecular weight excluding hydrogens is 799 g/mol. The molecular formula is C48H52N9O6+. The summed E-state index contributed by atoms with van der Waals surface area (Å²) in [6.45, 7) is 4.39. The van der Waals surface area contributed by atoms with Crippen LogP contribution in [0.5, 0.6) is 0 Å². The lowest BCUT2D eigenvalue weighted by Crippen LogP contribution is -2.59. The molecule has 6 aromatic rings. The van der Waals surface area contributed by atoms with Crippen molar-refractivity contribution in [2.45, 2.75) is 70.1 Å². The molecule has 0 bridgehead atoms. The van der Waals surface area contributed by atoms with Crippen LogP contribution < -0.4 is 10.2 Å². The number of carbonyl (C=O) groups excluding carboxylic acids is 4. The maximum absolute atomic E-state index is 14.4. The van der Waals surface area contributed by atoms with Gasteiger partial charge in [0.15, 0.2) is 6.04 Å². The van der Waals surface area contributed by atoms with Crippen LogP contribution in [0.4, 0.5) is 15.3 Å². The van der Waals surface area contributed by atoms with Gasteiger partial charge in [0.1, 0.15) is 17.7 Å². The van der Waals surface area contributed by atoms with E-state index in [0.29, 0.717) is 31.6 Å². The number of imidazole rings is 2. The zero-order valence-corrected chi connectivity index (χ0v) is 36.3. The highest BCUT2D eigenvalue weighted by molar-refractivity contribution is 6.01. The van der Waals surface area contributed by atoms with Crippen molar-refractivity contribution >= 4 is 40.6 Å². The second kappa shape index (κ2) is 16.4. The van der Waals surface area contributed by atoms with Gasteiger partial charge in [-0.25, -0.2) is 19.2 Å². The molecule has 3 aliphatic rings. The first-order valence-electron chi connectivity index (χ1n) is 21.5. The fourth-order valence-electron chi connectivity index (χ4n) is 9.58. The molecule has 6 heterocycles. The maximum atomic E-state index is 14.4. The molecule has 63 heavy (non-hydrogen) atoms. The first-order valence-corrected chi connectivity index (χ1v) is 21.5. The Kier molecular flexibility index (Phi) is 10.8. The van der Waals surface area contributed by atoms with Gasteiger partial charge in [-0.1, -0.05) is 68.4 Å². The third-order valence-corrected chi connectivity index (χ3v) is 13.1. The number of methoxy groups -OCH3 is 2. The van der Waals surface area contributed by atoms with Crippen molar-refractivity contribution in [1.29, 1.82) is 0 Å². The third-order valence-electron chi connectivity index (χ3n) is 13.1. The number of para-hydroxylation sites is 1. The predicted octanol–water partition coefficient (Wildman–Crippen LogP) is 7.51. The quantitative estimate of drug-likeness (QED) is 0.124. The summed E-state index contributed by atoms with van der Waals surface area (Å²) in [5, 5.41) is 3.67. The molecule has 4 amide bonds. The van der Waals surface area contributed by atoms with Crippen LogP contribution in [0.2, 0.25) is 0 Å². The van der Waals surface area contributed by atoms with Gasteiger partial charge in [0.2, 0.25) is 5.91 Å². The second-order valence-electron chi connectivity index (χ2n) is 17.5. The lowest BCUT2D eigenvalue weighted by atomic mass is 10.0. The number of aromatic nitrogens is 5. The minimum Gasteiger partial charge on any atom is -0.453 e. The Morgan fingerprint density at radius 3 is 2.19 bits per heavy atom. The minimum absolute atomic E-state index is 0.111. The molecule has 324 valence electrons. The number of aryl methyl sites for hydroxylation is 1. The van der Waals surface area contributed by atoms with E-state index in [1.807, 2.05) is 35.9 Å². The van der Waals surface area contributed by atoms with Gasteiger partial charge in [-0.15, -0.1) is 0 Å². The first-order chi connectivity index (χ1) is 30.4. The highest BCUT2D eigenvalue weighted by atomic mass is 16.5. The van der Waals surface area contributed by atoms with Gasteiger partial charge in [0.25, 0.3) is 5.91 Å². The molecule has 1 saturated heterocycles. The smallest absolute Gasteiger partial charge is 0.453 e. The number of fused-ring (bicyclic) bond motifs is 1. The molecule has 0 spiro atoms. The van der Waals surface area contributed by atoms with Crippen LogP contribution in [-0.4, -0.2) is 105 Å². The molecule has 0 saturated carbocycles. The highest BCUT2D eigenvalue weighted by Crippen LogP contribution is 2.46. The topological polar surface area (TPSA) is 175 Å². The molecule has 4 atom stereocenters. The number of rotatable bonds is 9. The van der Waals surface area contributed by atoms with E-state index in [9.17, 15) is 19.2 Å². The number of pyridine rings is 1. The standard InChI is InChI=1S/C48H51N9O6/c1-27(2)41(54-47(60)62-5)46(59)55-20-8-11-38(55)43-50-25-36(52-43)29-14-12-28(13-15-29)31-16-17-32-21-34(24-49-35(32)22-31)37-26-51-44(53-37)39-23-33-10-7-9-30-18-19-40(45(58)56(39)42(30)33)57(3,4)48(61)63-6/h7,9-10,12-17,21-22,24-27,38-41H,8,11,18-20,23H2,1-6H3,(H2-,49,50,51,52,53,54,60)/p+1. The fourth-order valence-corrected chi connectivity index (χ4v) is 9.58. The number of nitrogens with zero attached hydrogens (tertiary/aromatic N) is 6. The molecule has 15 heteroatoms. The van der Waals surface area contributed by atoms with Crippen LogP contribution >= 0.6 is 0 Å². The Hall–Kier alpha value is -6.87. The van der Waals surface area contributed by atoms with E-state index in [0.717, 1.165) is 80.0 Å². The average molecular weight is 851 g/mol. The zero-order valence-electron chi connectivity index (χ0n) is 36.3. The molecule has 15 nitrogen and oxygen atoms in total. The van der Waals surface area contributed by atoms with E-state index in [1.54, 1.807) is 26.5 Å². The van der Waals surface area contributed by atoms with E-state index in [2.05, 4.69) is 75.9 Å². The lowest BCUT2D eigenvalue weighted by molar-refractivity contribution is -0.834. The average Bonchev–Trinajstić information content (AvgIpc) is 4.12. The van der Waals surface area contributed by atoms with Crippen LogP contribution in [0.3, 0.4) is 0 Å². The summed E-state index contributed by atoms with van der Waals surface area (Å²) < 4.78 is 9.69. The number of hydrogen-bond acceptors (Lipinski definition) is 9. The Labute approximate surface area is 365 Å². The van der Waals surface area contributed by atoms with E-state index in [-0.39, 0.29) is 34.3 Å². The van der Waals surface area contributed by atoms with Crippen molar-refractivity contribution in [1.82, 2.24) is 35.1 Å². The second-order valence-corrected chi connectivity index (χ2v) is 17.5. The number of quaternary nitrogens is 1. The molecule has 0 radical (unpaired) electrons. The van der Waals surface area contributed by atoms with Crippen LogP contribution in [0.1, 0.15) is 68.0 Å². The summed E-state index contributed by atoms with van der Waals surface area (Å²) in [5.41, 5.74) is 9.52. The van der Waals surface area contributed by atoms with E-state index < -0.39 is 24.3 Å². The number of benzene rings is 3. The van der Waals surface area contributed by atoms with Crippen LogP contribution in [-0.2, 0) is 31.9 Å². The molecule has 0 aliphatic carbocycles. The van der Waals surface area contributed by atoms with Gasteiger partial charge in [-0.05, 0) is 65.1 Å². The van der Waals surface area contributed by atoms with Crippen LogP contribution in [0.25, 0.3) is 44.5 Å². The molecule has 9 rings (SSSR count). The van der Waals surface area contributed by atoms with Gasteiger partial charge in [-0.2, -0.15) is 4.79 Å². The summed E-state index contributed by atoms with van der Waals surface area (Å²) >= 11 is 0. The fraction of sp³-hybridized carbons (Fsp3) is 0.354. The molecule has 3 aliphatic heterocycles. The normalized spacial score (nSPS) is 19.0. The van der Waals surface area contributed by atoms with Crippen LogP contribution in [0, 0.1) is 5.92 Å². The predicted molar refractivity (Wildman–Crippen MR) is 237 cm³/mol. The third kappa shape index (κ3) is 7.49. The molecule has 3 aromatic heterocycles. The van der Waals surface area contributed by atoms with Crippen molar-refractivity contribution in [3.63, 3.8) is 0 Å². The largest absolute Gasteiger partial charge is 0.515 e. The monoisotopic (exact) mass is 850 g/mol. The minimum atomic E-state index is -0.695. The van der Waals surface area contributed by atoms with Crippen molar-refractivity contribution in [3.05, 3.63) is 108 Å². The van der Waals surface area contributed by atoms with Gasteiger partial charge in [0.05, 0.1) is 75.4 Å². The molecule has 4 unspecified atom stereocenters. The van der Waals surface area contributed by atoms with E-state index in [1.165, 1.54) is 14.2 Å². The van der Waals surface area contributed by atoms with Gasteiger partial charge >= 0.3 is 12.2 Å². The summed E-state index contributed by atoms with van der Waals surface area (Å²) in [7, 11) is 6.12. The Bertz CT molecular complexity index is 2740. The van der Waals surface area contributed by atoms with Crippen LogP contribution in [0.15, 0.2) is 85.3 Å². The SMILES string of the molecule is COC(=O)NC(C(=O)N1CCCC1c1ncc(-c2ccc(-c3ccc4cc(-c5cnc(C6Cc7cccc8c7N6C(=O)C([N+](C)(C)C(=O)OC)CC8)[nH]5)cnc4c3)cc2)[nH]1)C(C)C. The van der Waals surface area contributed by atoms with E-state index >= 15 is 0 Å². The molecule has 3 aromatic carbocycles. The number of H-pyrrole nitrogens is 2. The number of carbonyl (C=O) groups is 4. The van der Waals surface area contributed by atoms with Crippen molar-refractivity contribution in [2.75, 3.05) is 39.8 Å². The number of alkyl carbamates (subject to hydrolysis) is 1. The van der Waals surface area contributed by atoms with Gasteiger partial charge < -0.3 is 29.7 Å². The summed E-state index contributed by atoms with van der Waals surface area (Å²) in [5.74, 6) is 1.03. The number of nitrogens with one attached hydrogen (secondary N) is 3. The number of anilines is 1. The van der Waals surface area contributed by atoms with Crippen molar-refractivity contribution < 1.29 is 33.1 Å². The number of hydrogen-bond donors (Lipinski definition) is 3. The summed E-state index contributed by atoms with van der Waals surface area (Å²) in [6, 6.07) is 20.9. The number of ether oxygens (including phenoxy) is 2. The van der Waals surface area contributed by atoms with Gasteiger partial charge in [0, 0.05) is 36.5 Å².